The van der Waals surface area contributed by atoms with Crippen LogP contribution < -0.4 is 16.4 Å². The Kier molecular flexibility index (Phi) is 8.14. The van der Waals surface area contributed by atoms with Gasteiger partial charge in [0, 0.05) is 22.8 Å². The van der Waals surface area contributed by atoms with Crippen LogP contribution in [0.15, 0.2) is 0 Å². The zero-order chi connectivity index (χ0) is 26.9. The van der Waals surface area contributed by atoms with Gasteiger partial charge in [0.25, 0.3) is 0 Å². The summed E-state index contributed by atoms with van der Waals surface area (Å²) in [6.07, 6.45) is -0.939. The number of anilines is 1. The Morgan fingerprint density at radius 3 is 2.51 bits per heavy atom. The van der Waals surface area contributed by atoms with E-state index in [2.05, 4.69) is 10.6 Å². The summed E-state index contributed by atoms with van der Waals surface area (Å²) < 4.78 is 46.8. The van der Waals surface area contributed by atoms with Gasteiger partial charge in [-0.3, -0.25) is 10.1 Å². The van der Waals surface area contributed by atoms with E-state index in [1.807, 2.05) is 0 Å². The maximum Gasteiger partial charge on any atom is 0.425 e. The van der Waals surface area contributed by atoms with Crippen LogP contribution in [0, 0.1) is 0 Å². The van der Waals surface area contributed by atoms with Crippen molar-refractivity contribution in [2.75, 3.05) is 18.5 Å². The number of amides is 3. The number of esters is 1. The van der Waals surface area contributed by atoms with E-state index in [9.17, 15) is 27.6 Å². The maximum absolute atomic E-state index is 13.9. The summed E-state index contributed by atoms with van der Waals surface area (Å²) in [7, 11) is 0. The third kappa shape index (κ3) is 5.78. The fourth-order valence-electron chi connectivity index (χ4n) is 4.75. The number of nitrogens with zero attached hydrogens (tertiary/aromatic N) is 1. The standard InChI is InChI=1S/C24H29F3N4O4S2/c1-3-35-22(33)18-14-6-4-5-7-16(14)37-20(18)30-23(34)29-10-15-13-8-9-31(21(32)12(2)28)11-17(13)36-19(15)24(25,26)27/h12H,3-11,28H2,1-2H3,(H2,29,30,34)/t12-/m0/s1. The highest BCUT2D eigenvalue weighted by atomic mass is 32.1. The molecule has 4 N–H and O–H groups in total. The number of hydrogen-bond acceptors (Lipinski definition) is 7. The molecular weight excluding hydrogens is 529 g/mol. The molecule has 0 saturated heterocycles. The van der Waals surface area contributed by atoms with Crippen molar-refractivity contribution in [3.63, 3.8) is 0 Å². The Hall–Kier alpha value is -2.64. The molecule has 2 aromatic rings. The van der Waals surface area contributed by atoms with Gasteiger partial charge in [0.2, 0.25) is 5.91 Å². The third-order valence-electron chi connectivity index (χ3n) is 6.43. The molecule has 0 unspecified atom stereocenters. The van der Waals surface area contributed by atoms with Gasteiger partial charge in [0.1, 0.15) is 9.88 Å². The monoisotopic (exact) mass is 558 g/mol. The van der Waals surface area contributed by atoms with Crippen LogP contribution in [0.5, 0.6) is 0 Å². The van der Waals surface area contributed by atoms with E-state index in [1.54, 1.807) is 13.8 Å². The normalized spacial score (nSPS) is 16.0. The van der Waals surface area contributed by atoms with Gasteiger partial charge in [-0.2, -0.15) is 13.2 Å². The van der Waals surface area contributed by atoms with Crippen LogP contribution in [0.2, 0.25) is 0 Å². The summed E-state index contributed by atoms with van der Waals surface area (Å²) in [6, 6.07) is -1.45. The number of nitrogens with one attached hydrogen (secondary N) is 2. The van der Waals surface area contributed by atoms with Gasteiger partial charge in [0.05, 0.1) is 24.8 Å². The van der Waals surface area contributed by atoms with Crippen molar-refractivity contribution >= 4 is 45.6 Å². The third-order valence-corrected chi connectivity index (χ3v) is 8.94. The smallest absolute Gasteiger partial charge is 0.425 e. The highest BCUT2D eigenvalue weighted by molar-refractivity contribution is 7.17. The predicted octanol–water partition coefficient (Wildman–Crippen LogP) is 4.44. The van der Waals surface area contributed by atoms with Crippen LogP contribution in [0.1, 0.15) is 68.4 Å². The first-order chi connectivity index (χ1) is 17.5. The van der Waals surface area contributed by atoms with Crippen molar-refractivity contribution in [1.29, 1.82) is 0 Å². The molecule has 0 saturated carbocycles. The number of thiophene rings is 2. The molecule has 0 radical (unpaired) electrons. The average Bonchev–Trinajstić information content (AvgIpc) is 3.39. The van der Waals surface area contributed by atoms with Crippen molar-refractivity contribution in [3.8, 4) is 0 Å². The quantitative estimate of drug-likeness (QED) is 0.454. The molecule has 0 aromatic carbocycles. The summed E-state index contributed by atoms with van der Waals surface area (Å²) in [5.74, 6) is -0.836. The summed E-state index contributed by atoms with van der Waals surface area (Å²) in [5, 5.41) is 5.55. The first-order valence-electron chi connectivity index (χ1n) is 12.1. The largest absolute Gasteiger partial charge is 0.462 e. The predicted molar refractivity (Wildman–Crippen MR) is 135 cm³/mol. The molecule has 2 aliphatic rings. The number of aryl methyl sites for hydroxylation is 1. The highest BCUT2D eigenvalue weighted by Gasteiger charge is 2.39. The lowest BCUT2D eigenvalue weighted by Crippen LogP contribution is -2.44. The van der Waals surface area contributed by atoms with Crippen LogP contribution in [0.4, 0.5) is 23.0 Å². The highest BCUT2D eigenvalue weighted by Crippen LogP contribution is 2.43. The van der Waals surface area contributed by atoms with Crippen molar-refractivity contribution in [2.45, 2.75) is 71.3 Å². The van der Waals surface area contributed by atoms with Gasteiger partial charge in [-0.15, -0.1) is 22.7 Å². The fourth-order valence-corrected chi connectivity index (χ4v) is 7.27. The molecule has 1 aliphatic heterocycles. The van der Waals surface area contributed by atoms with Gasteiger partial charge in [-0.1, -0.05) is 0 Å². The number of urea groups is 1. The minimum absolute atomic E-state index is 0.00614. The second-order valence-electron chi connectivity index (χ2n) is 9.05. The van der Waals surface area contributed by atoms with Crippen molar-refractivity contribution < 1.29 is 32.3 Å². The number of nitrogens with two attached hydrogens (primary N) is 1. The van der Waals surface area contributed by atoms with Gasteiger partial charge in [-0.05, 0) is 62.6 Å². The van der Waals surface area contributed by atoms with E-state index in [0.29, 0.717) is 38.8 Å². The Morgan fingerprint density at radius 1 is 1.11 bits per heavy atom. The Morgan fingerprint density at radius 2 is 1.84 bits per heavy atom. The SMILES string of the molecule is CCOC(=O)c1c(NC(=O)NCc2c(C(F)(F)F)sc3c2CCN(C(=O)[C@H](C)N)C3)sc2c1CCCC2. The van der Waals surface area contributed by atoms with Crippen LogP contribution in [0.25, 0.3) is 0 Å². The van der Waals surface area contributed by atoms with Gasteiger partial charge >= 0.3 is 18.2 Å². The van der Waals surface area contributed by atoms with Gasteiger partial charge in [0.15, 0.2) is 0 Å². The van der Waals surface area contributed by atoms with Crippen LogP contribution in [-0.2, 0) is 48.1 Å². The number of rotatable bonds is 6. The molecular formula is C24H29F3N4O4S2. The molecule has 1 aliphatic carbocycles. The minimum atomic E-state index is -4.60. The molecule has 202 valence electrons. The molecule has 2 aromatic heterocycles. The zero-order valence-electron chi connectivity index (χ0n) is 20.5. The Bertz CT molecular complexity index is 1210. The molecule has 4 rings (SSSR count). The second kappa shape index (κ2) is 11.0. The van der Waals surface area contributed by atoms with Gasteiger partial charge in [-0.25, -0.2) is 9.59 Å². The molecule has 37 heavy (non-hydrogen) atoms. The summed E-state index contributed by atoms with van der Waals surface area (Å²) in [4.78, 5) is 39.8. The number of carbonyl (C=O) groups excluding carboxylic acids is 3. The number of ether oxygens (including phenoxy) is 1. The summed E-state index contributed by atoms with van der Waals surface area (Å²) >= 11 is 1.90. The lowest BCUT2D eigenvalue weighted by molar-refractivity contribution is -0.135. The van der Waals surface area contributed by atoms with Crippen molar-refractivity contribution in [3.05, 3.63) is 36.9 Å². The first-order valence-corrected chi connectivity index (χ1v) is 13.8. The lowest BCUT2D eigenvalue weighted by atomic mass is 9.95. The molecule has 1 atom stereocenters. The molecule has 8 nitrogen and oxygen atoms in total. The number of fused-ring (bicyclic) bond motifs is 2. The van der Waals surface area contributed by atoms with Gasteiger partial charge < -0.3 is 20.7 Å². The van der Waals surface area contributed by atoms with Crippen LogP contribution >= 0.6 is 22.7 Å². The number of carbonyl (C=O) groups is 3. The van der Waals surface area contributed by atoms with E-state index in [-0.39, 0.29) is 44.1 Å². The minimum Gasteiger partial charge on any atom is -0.462 e. The number of halogens is 3. The van der Waals surface area contributed by atoms with E-state index in [4.69, 9.17) is 10.5 Å². The maximum atomic E-state index is 13.9. The fraction of sp³-hybridized carbons (Fsp3) is 0.542. The molecule has 3 amide bonds. The molecule has 0 bridgehead atoms. The summed E-state index contributed by atoms with van der Waals surface area (Å²) in [6.45, 7) is 3.39. The number of hydrogen-bond donors (Lipinski definition) is 3. The number of alkyl halides is 3. The molecule has 13 heteroatoms. The van der Waals surface area contributed by atoms with E-state index < -0.39 is 29.1 Å². The Balaban J connectivity index is 1.53. The second-order valence-corrected chi connectivity index (χ2v) is 11.3. The average molecular weight is 559 g/mol. The first kappa shape index (κ1) is 27.4. The topological polar surface area (TPSA) is 114 Å². The summed E-state index contributed by atoms with van der Waals surface area (Å²) in [5.41, 5.74) is 7.38. The molecule has 3 heterocycles. The molecule has 0 fully saturated rings. The van der Waals surface area contributed by atoms with Crippen LogP contribution in [0.3, 0.4) is 0 Å². The molecule has 0 spiro atoms. The van der Waals surface area contributed by atoms with Crippen LogP contribution in [-0.4, -0.2) is 42.0 Å². The van der Waals surface area contributed by atoms with E-state index in [1.165, 1.54) is 16.2 Å². The van der Waals surface area contributed by atoms with E-state index >= 15 is 0 Å². The lowest BCUT2D eigenvalue weighted by Gasteiger charge is -2.28. The van der Waals surface area contributed by atoms with Crippen molar-refractivity contribution in [1.82, 2.24) is 10.2 Å². The Labute approximate surface area is 220 Å². The zero-order valence-corrected chi connectivity index (χ0v) is 22.2. The van der Waals surface area contributed by atoms with E-state index in [0.717, 1.165) is 29.7 Å². The van der Waals surface area contributed by atoms with Crippen molar-refractivity contribution in [2.24, 2.45) is 5.73 Å².